The molecule has 0 amide bonds. The number of likely N-dealkylation sites (tertiary alicyclic amines) is 1. The van der Waals surface area contributed by atoms with Crippen LogP contribution >= 0.6 is 15.9 Å². The summed E-state index contributed by atoms with van der Waals surface area (Å²) >= 11 is 3.51. The second-order valence-corrected chi connectivity index (χ2v) is 8.24. The minimum atomic E-state index is -0.00627. The van der Waals surface area contributed by atoms with Gasteiger partial charge in [0.1, 0.15) is 6.10 Å². The van der Waals surface area contributed by atoms with Gasteiger partial charge in [0.15, 0.2) is 0 Å². The van der Waals surface area contributed by atoms with Crippen molar-refractivity contribution >= 4 is 15.9 Å². The smallest absolute Gasteiger partial charge is 0.108 e. The monoisotopic (exact) mass is 436 g/mol. The lowest BCUT2D eigenvalue weighted by atomic mass is 10.00. The zero-order valence-corrected chi connectivity index (χ0v) is 17.5. The molecular formula is C24H25BrN2O. The van der Waals surface area contributed by atoms with Crippen LogP contribution in [-0.2, 0) is 11.3 Å². The number of benzene rings is 2. The highest BCUT2D eigenvalue weighted by Gasteiger charge is 2.24. The highest BCUT2D eigenvalue weighted by atomic mass is 79.9. The Morgan fingerprint density at radius 2 is 1.54 bits per heavy atom. The zero-order chi connectivity index (χ0) is 19.2. The van der Waals surface area contributed by atoms with Crippen LogP contribution in [0.15, 0.2) is 83.6 Å². The summed E-state index contributed by atoms with van der Waals surface area (Å²) < 4.78 is 7.67. The van der Waals surface area contributed by atoms with Gasteiger partial charge in [0.2, 0.25) is 0 Å². The average Bonchev–Trinajstić information content (AvgIpc) is 2.74. The Hall–Kier alpha value is -2.01. The molecule has 0 aliphatic carbocycles. The van der Waals surface area contributed by atoms with Crippen molar-refractivity contribution in [2.24, 2.45) is 0 Å². The predicted octanol–water partition coefficient (Wildman–Crippen LogP) is 5.61. The van der Waals surface area contributed by atoms with Gasteiger partial charge >= 0.3 is 0 Å². The molecule has 0 radical (unpaired) electrons. The summed E-state index contributed by atoms with van der Waals surface area (Å²) in [5, 5.41) is 0. The number of hydrogen-bond acceptors (Lipinski definition) is 3. The second-order valence-electron chi connectivity index (χ2n) is 7.32. The zero-order valence-electron chi connectivity index (χ0n) is 15.9. The molecule has 2 heterocycles. The first kappa shape index (κ1) is 19.3. The van der Waals surface area contributed by atoms with Crippen LogP contribution < -0.4 is 0 Å². The lowest BCUT2D eigenvalue weighted by Crippen LogP contribution is -2.37. The molecule has 1 aliphatic heterocycles. The van der Waals surface area contributed by atoms with Gasteiger partial charge in [-0.15, -0.1) is 0 Å². The number of pyridine rings is 1. The van der Waals surface area contributed by atoms with Gasteiger partial charge in [0, 0.05) is 36.5 Å². The summed E-state index contributed by atoms with van der Waals surface area (Å²) in [5.41, 5.74) is 3.69. The van der Waals surface area contributed by atoms with Gasteiger partial charge in [0.25, 0.3) is 0 Å². The number of rotatable bonds is 6. The van der Waals surface area contributed by atoms with Gasteiger partial charge in [-0.3, -0.25) is 9.88 Å². The third-order valence-electron chi connectivity index (χ3n) is 5.24. The molecule has 0 N–H and O–H groups in total. The Morgan fingerprint density at radius 3 is 2.11 bits per heavy atom. The van der Waals surface area contributed by atoms with Gasteiger partial charge in [0.05, 0.1) is 6.10 Å². The van der Waals surface area contributed by atoms with E-state index in [4.69, 9.17) is 4.74 Å². The van der Waals surface area contributed by atoms with Crippen LogP contribution in [0.25, 0.3) is 0 Å². The van der Waals surface area contributed by atoms with Crippen LogP contribution in [0, 0.1) is 0 Å². The summed E-state index contributed by atoms with van der Waals surface area (Å²) in [6.45, 7) is 3.04. The van der Waals surface area contributed by atoms with Gasteiger partial charge in [-0.1, -0.05) is 60.7 Å². The van der Waals surface area contributed by atoms with Crippen LogP contribution in [0.3, 0.4) is 0 Å². The lowest BCUT2D eigenvalue weighted by molar-refractivity contribution is -0.0281. The topological polar surface area (TPSA) is 25.4 Å². The fourth-order valence-corrected chi connectivity index (χ4v) is 4.21. The summed E-state index contributed by atoms with van der Waals surface area (Å²) in [6.07, 6.45) is 6.16. The Morgan fingerprint density at radius 1 is 0.929 bits per heavy atom. The lowest BCUT2D eigenvalue weighted by Gasteiger charge is -2.34. The maximum Gasteiger partial charge on any atom is 0.108 e. The Bertz CT molecular complexity index is 825. The third kappa shape index (κ3) is 5.07. The molecule has 144 valence electrons. The molecule has 3 nitrogen and oxygen atoms in total. The van der Waals surface area contributed by atoms with E-state index in [0.29, 0.717) is 0 Å². The Labute approximate surface area is 175 Å². The molecule has 4 heteroatoms. The van der Waals surface area contributed by atoms with E-state index in [1.54, 1.807) is 0 Å². The predicted molar refractivity (Wildman–Crippen MR) is 116 cm³/mol. The average molecular weight is 437 g/mol. The highest BCUT2D eigenvalue weighted by molar-refractivity contribution is 9.10. The van der Waals surface area contributed by atoms with Gasteiger partial charge in [-0.05, 0) is 51.5 Å². The molecule has 0 atom stereocenters. The second kappa shape index (κ2) is 9.46. The molecule has 0 spiro atoms. The summed E-state index contributed by atoms with van der Waals surface area (Å²) in [7, 11) is 0. The fourth-order valence-electron chi connectivity index (χ4n) is 3.80. The molecule has 0 bridgehead atoms. The van der Waals surface area contributed by atoms with E-state index in [1.165, 1.54) is 16.7 Å². The number of halogens is 1. The van der Waals surface area contributed by atoms with Gasteiger partial charge in [-0.2, -0.15) is 0 Å². The van der Waals surface area contributed by atoms with Crippen LogP contribution in [0.4, 0.5) is 0 Å². The number of piperidine rings is 1. The molecule has 1 aromatic heterocycles. The fraction of sp³-hybridized carbons (Fsp3) is 0.292. The van der Waals surface area contributed by atoms with Crippen molar-refractivity contribution in [3.63, 3.8) is 0 Å². The molecule has 28 heavy (non-hydrogen) atoms. The summed E-state index contributed by atoms with van der Waals surface area (Å²) in [6, 6.07) is 23.2. The standard InChI is InChI=1S/C24H25BrN2O/c25-22-15-19(16-26-17-22)18-27-13-11-23(12-14-27)28-24(20-7-3-1-4-8-20)21-9-5-2-6-10-21/h1-10,15-17,23-24H,11-14,18H2. The Balaban J connectivity index is 1.39. The number of aromatic nitrogens is 1. The van der Waals surface area contributed by atoms with Crippen LogP contribution in [0.1, 0.15) is 35.6 Å². The SMILES string of the molecule is Brc1cncc(CN2CCC(OC(c3ccccc3)c3ccccc3)CC2)c1. The van der Waals surface area contributed by atoms with Gasteiger partial charge < -0.3 is 4.74 Å². The maximum atomic E-state index is 6.63. The summed E-state index contributed by atoms with van der Waals surface area (Å²) in [4.78, 5) is 6.76. The molecule has 0 saturated carbocycles. The van der Waals surface area contributed by atoms with Crippen LogP contribution in [0.5, 0.6) is 0 Å². The van der Waals surface area contributed by atoms with Crippen LogP contribution in [-0.4, -0.2) is 29.1 Å². The molecule has 4 rings (SSSR count). The first-order chi connectivity index (χ1) is 13.8. The van der Waals surface area contributed by atoms with E-state index in [0.717, 1.165) is 36.9 Å². The first-order valence-electron chi connectivity index (χ1n) is 9.85. The Kier molecular flexibility index (Phi) is 6.53. The molecule has 1 aliphatic rings. The van der Waals surface area contributed by atoms with Crippen LogP contribution in [0.2, 0.25) is 0 Å². The molecule has 3 aromatic rings. The van der Waals surface area contributed by atoms with E-state index in [2.05, 4.69) is 92.5 Å². The largest absolute Gasteiger partial charge is 0.365 e. The van der Waals surface area contributed by atoms with E-state index in [1.807, 2.05) is 12.4 Å². The quantitative estimate of drug-likeness (QED) is 0.501. The minimum absolute atomic E-state index is 0.00627. The third-order valence-corrected chi connectivity index (χ3v) is 5.67. The molecule has 1 saturated heterocycles. The number of ether oxygens (including phenoxy) is 1. The van der Waals surface area contributed by atoms with Crippen molar-refractivity contribution in [1.82, 2.24) is 9.88 Å². The van der Waals surface area contributed by atoms with E-state index < -0.39 is 0 Å². The highest BCUT2D eigenvalue weighted by Crippen LogP contribution is 2.30. The van der Waals surface area contributed by atoms with Crippen molar-refractivity contribution in [3.05, 3.63) is 100 Å². The van der Waals surface area contributed by atoms with Crippen molar-refractivity contribution in [2.45, 2.75) is 31.6 Å². The molecule has 0 unspecified atom stereocenters. The number of hydrogen-bond donors (Lipinski definition) is 0. The van der Waals surface area contributed by atoms with Crippen molar-refractivity contribution < 1.29 is 4.74 Å². The maximum absolute atomic E-state index is 6.63. The first-order valence-corrected chi connectivity index (χ1v) is 10.6. The van der Waals surface area contributed by atoms with Gasteiger partial charge in [-0.25, -0.2) is 0 Å². The van der Waals surface area contributed by atoms with Crippen molar-refractivity contribution in [1.29, 1.82) is 0 Å². The molecular weight excluding hydrogens is 412 g/mol. The van der Waals surface area contributed by atoms with Crippen molar-refractivity contribution in [2.75, 3.05) is 13.1 Å². The van der Waals surface area contributed by atoms with E-state index in [9.17, 15) is 0 Å². The van der Waals surface area contributed by atoms with E-state index >= 15 is 0 Å². The minimum Gasteiger partial charge on any atom is -0.365 e. The molecule has 1 fully saturated rings. The normalized spacial score (nSPS) is 15.8. The molecule has 2 aromatic carbocycles. The van der Waals surface area contributed by atoms with Crippen molar-refractivity contribution in [3.8, 4) is 0 Å². The number of nitrogens with zero attached hydrogens (tertiary/aromatic N) is 2. The summed E-state index contributed by atoms with van der Waals surface area (Å²) in [5.74, 6) is 0. The van der Waals surface area contributed by atoms with E-state index in [-0.39, 0.29) is 12.2 Å².